The van der Waals surface area contributed by atoms with Crippen molar-refractivity contribution in [2.45, 2.75) is 25.8 Å². The van der Waals surface area contributed by atoms with Crippen LogP contribution in [0.25, 0.3) is 0 Å². The third-order valence-electron chi connectivity index (χ3n) is 3.12. The maximum atomic E-state index is 12.0. The fourth-order valence-corrected chi connectivity index (χ4v) is 2.43. The predicted octanol–water partition coefficient (Wildman–Crippen LogP) is 2.29. The van der Waals surface area contributed by atoms with E-state index in [4.69, 9.17) is 23.8 Å². The summed E-state index contributed by atoms with van der Waals surface area (Å²) >= 11 is 10.8. The van der Waals surface area contributed by atoms with E-state index in [1.165, 1.54) is 0 Å². The summed E-state index contributed by atoms with van der Waals surface area (Å²) in [6.07, 6.45) is 0.373. The summed E-state index contributed by atoms with van der Waals surface area (Å²) in [7, 11) is 0. The van der Waals surface area contributed by atoms with Gasteiger partial charge in [0.1, 0.15) is 5.69 Å². The summed E-state index contributed by atoms with van der Waals surface area (Å²) in [5.41, 5.74) is 0.710. The highest BCUT2D eigenvalue weighted by Crippen LogP contribution is 2.22. The third kappa shape index (κ3) is 4.25. The minimum absolute atomic E-state index is 0.148. The van der Waals surface area contributed by atoms with Gasteiger partial charge in [0.15, 0.2) is 4.77 Å². The highest BCUT2D eigenvalue weighted by atomic mass is 35.5. The Balaban J connectivity index is 1.94. The van der Waals surface area contributed by atoms with Crippen molar-refractivity contribution in [1.29, 1.82) is 0 Å². The predicted molar refractivity (Wildman–Crippen MR) is 86.4 cm³/mol. The van der Waals surface area contributed by atoms with Gasteiger partial charge in [-0.1, -0.05) is 29.8 Å². The lowest BCUT2D eigenvalue weighted by Crippen LogP contribution is -2.28. The van der Waals surface area contributed by atoms with E-state index < -0.39 is 0 Å². The van der Waals surface area contributed by atoms with Crippen LogP contribution in [0.1, 0.15) is 30.6 Å². The molecule has 22 heavy (non-hydrogen) atoms. The Morgan fingerprint density at radius 1 is 1.45 bits per heavy atom. The standard InChI is InChI=1S/C14H15ClN4O2S/c1-8(9-4-2-3-5-10(9)15)16-12(20)7-6-11-13(21)17-14(22)19-18-11/h2-5,8H,6-7H2,1H3,(H,16,20)(H2,17,19,21,22)/t8-/m0/s1. The number of halogens is 1. The maximum Gasteiger partial charge on any atom is 0.273 e. The normalized spacial score (nSPS) is 11.9. The first-order valence-corrected chi connectivity index (χ1v) is 7.47. The SMILES string of the molecule is C[C@H](NC(=O)CCc1n[nH]c(=S)[nH]c1=O)c1ccccc1Cl. The van der Waals surface area contributed by atoms with E-state index in [1.807, 2.05) is 25.1 Å². The summed E-state index contributed by atoms with van der Waals surface area (Å²) in [4.78, 5) is 26.0. The van der Waals surface area contributed by atoms with Crippen LogP contribution in [0.3, 0.4) is 0 Å². The number of aromatic nitrogens is 3. The molecule has 116 valence electrons. The molecule has 2 rings (SSSR count). The minimum atomic E-state index is -0.379. The second-order valence-electron chi connectivity index (χ2n) is 4.76. The van der Waals surface area contributed by atoms with Gasteiger partial charge in [-0.2, -0.15) is 5.10 Å². The van der Waals surface area contributed by atoms with Gasteiger partial charge >= 0.3 is 0 Å². The summed E-state index contributed by atoms with van der Waals surface area (Å²) in [6.45, 7) is 1.85. The number of aryl methyl sites for hydroxylation is 1. The van der Waals surface area contributed by atoms with E-state index in [-0.39, 0.29) is 40.8 Å². The minimum Gasteiger partial charge on any atom is -0.350 e. The summed E-state index contributed by atoms with van der Waals surface area (Å²) in [6, 6.07) is 7.11. The molecule has 1 atom stereocenters. The quantitative estimate of drug-likeness (QED) is 0.729. The van der Waals surface area contributed by atoms with Crippen molar-refractivity contribution in [3.8, 4) is 0 Å². The fraction of sp³-hybridized carbons (Fsp3) is 0.286. The van der Waals surface area contributed by atoms with Crippen LogP contribution in [0, 0.1) is 4.77 Å². The van der Waals surface area contributed by atoms with E-state index in [1.54, 1.807) is 6.07 Å². The molecule has 1 aromatic heterocycles. The third-order valence-corrected chi connectivity index (χ3v) is 3.66. The topological polar surface area (TPSA) is 90.6 Å². The van der Waals surface area contributed by atoms with Crippen LogP contribution in [0.15, 0.2) is 29.1 Å². The molecule has 6 nitrogen and oxygen atoms in total. The van der Waals surface area contributed by atoms with Crippen molar-refractivity contribution in [3.63, 3.8) is 0 Å². The Bertz CT molecular complexity index is 787. The lowest BCUT2D eigenvalue weighted by molar-refractivity contribution is -0.121. The first-order valence-electron chi connectivity index (χ1n) is 6.69. The van der Waals surface area contributed by atoms with Gasteiger partial charge in [0.2, 0.25) is 5.91 Å². The Hall–Kier alpha value is -1.99. The number of hydrogen-bond donors (Lipinski definition) is 3. The van der Waals surface area contributed by atoms with Crippen LogP contribution in [0.4, 0.5) is 0 Å². The first-order chi connectivity index (χ1) is 10.5. The van der Waals surface area contributed by atoms with Gasteiger partial charge in [0.25, 0.3) is 5.56 Å². The van der Waals surface area contributed by atoms with Crippen LogP contribution in [-0.2, 0) is 11.2 Å². The lowest BCUT2D eigenvalue weighted by Gasteiger charge is -2.15. The number of aromatic amines is 2. The molecule has 0 spiro atoms. The smallest absolute Gasteiger partial charge is 0.273 e. The average molecular weight is 339 g/mol. The molecule has 0 saturated heterocycles. The summed E-state index contributed by atoms with van der Waals surface area (Å²) < 4.78 is 0.158. The molecule has 1 heterocycles. The summed E-state index contributed by atoms with van der Waals surface area (Å²) in [5, 5.41) is 9.77. The first kappa shape index (κ1) is 16.4. The monoisotopic (exact) mass is 338 g/mol. The highest BCUT2D eigenvalue weighted by Gasteiger charge is 2.13. The number of hydrogen-bond acceptors (Lipinski definition) is 4. The van der Waals surface area contributed by atoms with Gasteiger partial charge in [0.05, 0.1) is 6.04 Å². The molecule has 8 heteroatoms. The molecule has 0 aliphatic rings. The van der Waals surface area contributed by atoms with Crippen LogP contribution in [0.2, 0.25) is 5.02 Å². The zero-order valence-corrected chi connectivity index (χ0v) is 13.4. The Morgan fingerprint density at radius 3 is 2.86 bits per heavy atom. The number of carbonyl (C=O) groups is 1. The van der Waals surface area contributed by atoms with Gasteiger partial charge in [-0.25, -0.2) is 0 Å². The zero-order valence-electron chi connectivity index (χ0n) is 11.9. The Labute approximate surface area is 136 Å². The van der Waals surface area contributed by atoms with Crippen molar-refractivity contribution in [1.82, 2.24) is 20.5 Å². The molecular weight excluding hydrogens is 324 g/mol. The van der Waals surface area contributed by atoms with E-state index in [9.17, 15) is 9.59 Å². The molecule has 1 amide bonds. The maximum absolute atomic E-state index is 12.0. The average Bonchev–Trinajstić information content (AvgIpc) is 2.46. The van der Waals surface area contributed by atoms with Crippen molar-refractivity contribution < 1.29 is 4.79 Å². The molecule has 3 N–H and O–H groups in total. The van der Waals surface area contributed by atoms with Crippen molar-refractivity contribution >= 4 is 29.7 Å². The molecule has 0 radical (unpaired) electrons. The number of carbonyl (C=O) groups excluding carboxylic acids is 1. The Kier molecular flexibility index (Phi) is 5.46. The molecule has 0 bridgehead atoms. The van der Waals surface area contributed by atoms with Crippen LogP contribution < -0.4 is 10.9 Å². The molecule has 1 aromatic carbocycles. The number of H-pyrrole nitrogens is 2. The van der Waals surface area contributed by atoms with E-state index in [2.05, 4.69) is 20.5 Å². The number of benzene rings is 1. The van der Waals surface area contributed by atoms with Crippen LogP contribution >= 0.6 is 23.8 Å². The fourth-order valence-electron chi connectivity index (χ4n) is 1.99. The molecule has 0 unspecified atom stereocenters. The van der Waals surface area contributed by atoms with Gasteiger partial charge < -0.3 is 5.32 Å². The highest BCUT2D eigenvalue weighted by molar-refractivity contribution is 7.71. The number of rotatable bonds is 5. The van der Waals surface area contributed by atoms with Crippen molar-refractivity contribution in [2.75, 3.05) is 0 Å². The molecule has 0 aliphatic carbocycles. The van der Waals surface area contributed by atoms with Gasteiger partial charge in [-0.15, -0.1) is 0 Å². The van der Waals surface area contributed by atoms with Crippen LogP contribution in [0.5, 0.6) is 0 Å². The van der Waals surface area contributed by atoms with Crippen molar-refractivity contribution in [3.05, 3.63) is 55.7 Å². The molecule has 0 fully saturated rings. The molecule has 0 saturated carbocycles. The van der Waals surface area contributed by atoms with E-state index in [0.717, 1.165) is 5.56 Å². The molecule has 0 aliphatic heterocycles. The molecular formula is C14H15ClN4O2S. The van der Waals surface area contributed by atoms with Gasteiger partial charge in [0, 0.05) is 17.9 Å². The largest absolute Gasteiger partial charge is 0.350 e. The number of nitrogens with zero attached hydrogens (tertiary/aromatic N) is 1. The van der Waals surface area contributed by atoms with E-state index in [0.29, 0.717) is 5.02 Å². The number of amides is 1. The number of nitrogens with one attached hydrogen (secondary N) is 3. The zero-order chi connectivity index (χ0) is 16.1. The van der Waals surface area contributed by atoms with E-state index >= 15 is 0 Å². The van der Waals surface area contributed by atoms with Gasteiger partial charge in [-0.05, 0) is 30.8 Å². The second kappa shape index (κ2) is 7.33. The Morgan fingerprint density at radius 2 is 2.18 bits per heavy atom. The molecule has 2 aromatic rings. The lowest BCUT2D eigenvalue weighted by atomic mass is 10.1. The summed E-state index contributed by atoms with van der Waals surface area (Å²) in [5.74, 6) is -0.184. The van der Waals surface area contributed by atoms with Gasteiger partial charge in [-0.3, -0.25) is 19.7 Å². The van der Waals surface area contributed by atoms with Crippen LogP contribution in [-0.4, -0.2) is 21.1 Å². The second-order valence-corrected chi connectivity index (χ2v) is 5.58. The van der Waals surface area contributed by atoms with Crippen molar-refractivity contribution in [2.24, 2.45) is 0 Å².